The first kappa shape index (κ1) is 35.8. The number of anilines is 2. The van der Waals surface area contributed by atoms with E-state index in [4.69, 9.17) is 9.47 Å². The topological polar surface area (TPSA) is 112 Å². The fourth-order valence-corrected chi connectivity index (χ4v) is 13.5. The highest BCUT2D eigenvalue weighted by Gasteiger charge is 2.66. The maximum absolute atomic E-state index is 15.2. The van der Waals surface area contributed by atoms with Crippen molar-refractivity contribution in [3.63, 3.8) is 0 Å². The Morgan fingerprint density at radius 2 is 1.88 bits per heavy atom. The Morgan fingerprint density at radius 1 is 1.10 bits per heavy atom. The zero-order valence-corrected chi connectivity index (χ0v) is 32.3. The second-order valence-electron chi connectivity index (χ2n) is 14.9. The van der Waals surface area contributed by atoms with Gasteiger partial charge in [0.05, 0.1) is 59.1 Å². The minimum Gasteiger partial charge on any atom is -0.497 e. The summed E-state index contributed by atoms with van der Waals surface area (Å²) in [7, 11) is -0.798. The van der Waals surface area contributed by atoms with Gasteiger partial charge in [-0.3, -0.25) is 14.4 Å². The molecule has 0 saturated carbocycles. The largest absolute Gasteiger partial charge is 0.497 e. The van der Waals surface area contributed by atoms with Gasteiger partial charge in [-0.1, -0.05) is 65.4 Å². The van der Waals surface area contributed by atoms with Crippen molar-refractivity contribution in [3.8, 4) is 5.75 Å². The van der Waals surface area contributed by atoms with Crippen molar-refractivity contribution < 1.29 is 29.0 Å². The first-order valence-corrected chi connectivity index (χ1v) is 21.8. The molecule has 3 aromatic carbocycles. The molecular formula is C39H47BrN4O6Si. The number of nitrogens with zero attached hydrogens (tertiary/aromatic N) is 3. The number of rotatable bonds is 9. The summed E-state index contributed by atoms with van der Waals surface area (Å²) in [5.41, 5.74) is 1.91. The molecule has 3 amide bonds. The van der Waals surface area contributed by atoms with Gasteiger partial charge >= 0.3 is 0 Å². The highest BCUT2D eigenvalue weighted by molar-refractivity contribution is 9.10. The van der Waals surface area contributed by atoms with E-state index in [0.29, 0.717) is 26.2 Å². The van der Waals surface area contributed by atoms with E-state index < -0.39 is 19.8 Å². The maximum Gasteiger partial charge on any atom is 0.264 e. The maximum atomic E-state index is 15.2. The summed E-state index contributed by atoms with van der Waals surface area (Å²) in [5.74, 6) is 0.355. The standard InChI is InChI=1S/C39H47BrN4O6Si/c1-25-37(51(3,4)31-13-11-30(49-2)12-14-31)34(21-35(46)42-17-6-9-29(42)24-45)50-39(25)32-20-27(40)10-15-33(32)44(38(39)48)23-26-7-5-8-28(19-26)43-18-16-41-22-36(43)47/h5,7-8,10-15,19-20,25,29,34,37,41,45H,6,9,16-18,21-24H2,1-4H3/t25-,29+,34+,37-,39+/m1/s1. The molecule has 51 heavy (non-hydrogen) atoms. The number of ether oxygens (including phenoxy) is 2. The summed E-state index contributed by atoms with van der Waals surface area (Å²) in [4.78, 5) is 47.4. The Hall–Kier alpha value is -3.55. The van der Waals surface area contributed by atoms with E-state index >= 15 is 4.79 Å². The van der Waals surface area contributed by atoms with E-state index in [1.54, 1.807) is 12.0 Å². The van der Waals surface area contributed by atoms with Gasteiger partial charge in [-0.2, -0.15) is 0 Å². The number of amides is 3. The molecule has 12 heteroatoms. The fourth-order valence-electron chi connectivity index (χ4n) is 9.17. The Labute approximate surface area is 309 Å². The number of likely N-dealkylation sites (tertiary alicyclic amines) is 1. The number of carbonyl (C=O) groups is 3. The molecule has 4 aliphatic heterocycles. The van der Waals surface area contributed by atoms with Crippen molar-refractivity contribution in [1.82, 2.24) is 10.2 Å². The number of nitrogens with one attached hydrogen (secondary N) is 1. The number of methoxy groups -OCH3 is 1. The van der Waals surface area contributed by atoms with Gasteiger partial charge < -0.3 is 34.6 Å². The van der Waals surface area contributed by atoms with Crippen molar-refractivity contribution in [3.05, 3.63) is 82.3 Å². The molecule has 0 radical (unpaired) electrons. The Kier molecular flexibility index (Phi) is 9.92. The Balaban J connectivity index is 1.28. The molecule has 3 saturated heterocycles. The highest BCUT2D eigenvalue weighted by atomic mass is 79.9. The summed E-state index contributed by atoms with van der Waals surface area (Å²) < 4.78 is 13.5. The molecular weight excluding hydrogens is 728 g/mol. The Bertz CT molecular complexity index is 1820. The number of hydrogen-bond donors (Lipinski definition) is 2. The van der Waals surface area contributed by atoms with Gasteiger partial charge in [-0.15, -0.1) is 0 Å². The summed E-state index contributed by atoms with van der Waals surface area (Å²) in [5, 5.41) is 14.4. The van der Waals surface area contributed by atoms with Crippen LogP contribution in [0.15, 0.2) is 71.2 Å². The number of benzene rings is 3. The molecule has 2 N–H and O–H groups in total. The van der Waals surface area contributed by atoms with E-state index in [-0.39, 0.29) is 48.3 Å². The predicted molar refractivity (Wildman–Crippen MR) is 203 cm³/mol. The van der Waals surface area contributed by atoms with E-state index in [9.17, 15) is 14.7 Å². The molecule has 270 valence electrons. The van der Waals surface area contributed by atoms with Crippen LogP contribution < -0.4 is 25.0 Å². The normalized spacial score (nSPS) is 26.4. The second-order valence-corrected chi connectivity index (χ2v) is 20.5. The molecule has 4 heterocycles. The van der Waals surface area contributed by atoms with Gasteiger partial charge in [0, 0.05) is 41.3 Å². The molecule has 10 nitrogen and oxygen atoms in total. The van der Waals surface area contributed by atoms with Gasteiger partial charge in [0.15, 0.2) is 5.60 Å². The molecule has 3 fully saturated rings. The fraction of sp³-hybridized carbons (Fsp3) is 0.462. The molecule has 5 atom stereocenters. The van der Waals surface area contributed by atoms with Crippen molar-refractivity contribution in [1.29, 1.82) is 0 Å². The van der Waals surface area contributed by atoms with Crippen LogP contribution in [0.3, 0.4) is 0 Å². The first-order chi connectivity index (χ1) is 24.5. The van der Waals surface area contributed by atoms with Gasteiger partial charge in [-0.25, -0.2) is 0 Å². The predicted octanol–water partition coefficient (Wildman–Crippen LogP) is 4.53. The number of fused-ring (bicyclic) bond motifs is 2. The summed E-state index contributed by atoms with van der Waals surface area (Å²) >= 11 is 3.69. The molecule has 0 aliphatic carbocycles. The quantitative estimate of drug-likeness (QED) is 0.308. The minimum absolute atomic E-state index is 0.0208. The average Bonchev–Trinajstić information content (AvgIpc) is 3.79. The lowest BCUT2D eigenvalue weighted by Crippen LogP contribution is -2.52. The number of hydrogen-bond acceptors (Lipinski definition) is 7. The first-order valence-electron chi connectivity index (χ1n) is 17.9. The lowest BCUT2D eigenvalue weighted by Gasteiger charge is -2.37. The van der Waals surface area contributed by atoms with Crippen LogP contribution in [-0.4, -0.2) is 87.8 Å². The number of carbonyl (C=O) groups excluding carboxylic acids is 3. The zero-order chi connectivity index (χ0) is 36.1. The van der Waals surface area contributed by atoms with Crippen LogP contribution in [0.25, 0.3) is 0 Å². The van der Waals surface area contributed by atoms with E-state index in [0.717, 1.165) is 52.1 Å². The SMILES string of the molecule is COc1ccc([Si](C)(C)[C@H]2[C@H](CC(=O)N3CCC[C@H]3CO)O[C@@]3(C(=O)N(Cc4cccc(N5CCNCC5=O)c4)c4ccc(Br)cc43)[C@@H]2C)cc1. The molecule has 3 aromatic rings. The van der Waals surface area contributed by atoms with Gasteiger partial charge in [0.1, 0.15) is 5.75 Å². The van der Waals surface area contributed by atoms with E-state index in [1.807, 2.05) is 64.4 Å². The van der Waals surface area contributed by atoms with Crippen LogP contribution in [0.5, 0.6) is 5.75 Å². The number of aliphatic hydroxyl groups excluding tert-OH is 1. The lowest BCUT2D eigenvalue weighted by molar-refractivity contribution is -0.150. The third kappa shape index (κ3) is 6.22. The van der Waals surface area contributed by atoms with Crippen molar-refractivity contribution in [2.24, 2.45) is 5.92 Å². The average molecular weight is 776 g/mol. The van der Waals surface area contributed by atoms with Crippen LogP contribution in [0, 0.1) is 5.92 Å². The van der Waals surface area contributed by atoms with Crippen molar-refractivity contribution in [2.45, 2.75) is 69.1 Å². The molecule has 0 bridgehead atoms. The summed E-state index contributed by atoms with van der Waals surface area (Å²) in [6.07, 6.45) is 1.26. The zero-order valence-electron chi connectivity index (χ0n) is 29.7. The lowest BCUT2D eigenvalue weighted by atomic mass is 9.82. The third-order valence-electron chi connectivity index (χ3n) is 11.7. The van der Waals surface area contributed by atoms with Gasteiger partial charge in [-0.05, 0) is 66.4 Å². The molecule has 1 spiro atoms. The number of piperazine rings is 1. The monoisotopic (exact) mass is 774 g/mol. The minimum atomic E-state index is -2.45. The van der Waals surface area contributed by atoms with Crippen LogP contribution in [0.1, 0.15) is 37.3 Å². The third-order valence-corrected chi connectivity index (χ3v) is 16.6. The smallest absolute Gasteiger partial charge is 0.264 e. The highest BCUT2D eigenvalue weighted by Crippen LogP contribution is 2.60. The van der Waals surface area contributed by atoms with E-state index in [1.165, 1.54) is 5.19 Å². The van der Waals surface area contributed by atoms with Gasteiger partial charge in [0.2, 0.25) is 11.8 Å². The van der Waals surface area contributed by atoms with Crippen LogP contribution in [0.4, 0.5) is 11.4 Å². The Morgan fingerprint density at radius 3 is 2.61 bits per heavy atom. The van der Waals surface area contributed by atoms with Crippen molar-refractivity contribution in [2.75, 3.05) is 49.7 Å². The number of halogens is 1. The van der Waals surface area contributed by atoms with Crippen molar-refractivity contribution >= 4 is 58.3 Å². The molecule has 0 aromatic heterocycles. The van der Waals surface area contributed by atoms with E-state index in [2.05, 4.69) is 53.4 Å². The number of aliphatic hydroxyl groups is 1. The molecule has 7 rings (SSSR count). The molecule has 0 unspecified atom stereocenters. The molecule has 4 aliphatic rings. The summed E-state index contributed by atoms with van der Waals surface area (Å²) in [6, 6.07) is 21.8. The second kappa shape index (κ2) is 14.1. The summed E-state index contributed by atoms with van der Waals surface area (Å²) in [6.45, 7) is 9.21. The van der Waals surface area contributed by atoms with Crippen LogP contribution >= 0.6 is 15.9 Å². The van der Waals surface area contributed by atoms with Crippen LogP contribution in [-0.2, 0) is 31.3 Å². The van der Waals surface area contributed by atoms with Gasteiger partial charge in [0.25, 0.3) is 5.91 Å². The van der Waals surface area contributed by atoms with Crippen LogP contribution in [0.2, 0.25) is 18.6 Å².